The van der Waals surface area contributed by atoms with Gasteiger partial charge in [-0.25, -0.2) is 0 Å². The largest absolute Gasteiger partial charge is 0.297 e. The highest BCUT2D eigenvalue weighted by molar-refractivity contribution is 7.30. The summed E-state index contributed by atoms with van der Waals surface area (Å²) in [5.74, 6) is 0. The molecule has 0 fully saturated rings. The number of unbranched alkanes of at least 4 members (excludes halogenated alkanes) is 20. The summed E-state index contributed by atoms with van der Waals surface area (Å²) in [4.78, 5) is 24.7. The van der Waals surface area contributed by atoms with Crippen molar-refractivity contribution in [3.8, 4) is 39.0 Å². The average molecular weight is 890 g/mol. The first-order valence-corrected chi connectivity index (χ1v) is 28.3. The van der Waals surface area contributed by atoms with E-state index in [1.165, 1.54) is 217 Å². The summed E-state index contributed by atoms with van der Waals surface area (Å²) in [6.07, 6.45) is 37.3. The Labute approximate surface area is 380 Å². The van der Waals surface area contributed by atoms with Gasteiger partial charge < -0.3 is 0 Å². The number of thiophene rings is 5. The van der Waals surface area contributed by atoms with Crippen LogP contribution in [0.25, 0.3) is 39.0 Å². The van der Waals surface area contributed by atoms with E-state index in [9.17, 15) is 4.79 Å². The third-order valence-electron chi connectivity index (χ3n) is 12.0. The van der Waals surface area contributed by atoms with Crippen LogP contribution in [0.5, 0.6) is 0 Å². The molecule has 0 aliphatic rings. The van der Waals surface area contributed by atoms with Crippen molar-refractivity contribution in [2.75, 3.05) is 0 Å². The lowest BCUT2D eigenvalue weighted by molar-refractivity contribution is 0.112. The van der Waals surface area contributed by atoms with Crippen LogP contribution in [0.3, 0.4) is 0 Å². The second-order valence-corrected chi connectivity index (χ2v) is 22.2. The summed E-state index contributed by atoms with van der Waals surface area (Å²) in [5, 5.41) is 2.33. The Bertz CT molecular complexity index is 1880. The van der Waals surface area contributed by atoms with E-state index in [-0.39, 0.29) is 0 Å². The molecule has 0 aromatic carbocycles. The number of carbonyl (C=O) groups is 1. The summed E-state index contributed by atoms with van der Waals surface area (Å²) < 4.78 is 0. The van der Waals surface area contributed by atoms with Crippen LogP contribution in [0.15, 0.2) is 41.8 Å². The first kappa shape index (κ1) is 48.2. The molecular weight excluding hydrogens is 813 g/mol. The monoisotopic (exact) mass is 888 g/mol. The topological polar surface area (TPSA) is 17.1 Å². The molecule has 0 atom stereocenters. The Morgan fingerprint density at radius 3 is 1.25 bits per heavy atom. The molecule has 6 heteroatoms. The molecule has 0 N–H and O–H groups in total. The van der Waals surface area contributed by atoms with Crippen molar-refractivity contribution in [2.24, 2.45) is 0 Å². The highest BCUT2D eigenvalue weighted by Gasteiger charge is 2.21. The van der Waals surface area contributed by atoms with Gasteiger partial charge in [0.15, 0.2) is 6.29 Å². The SMILES string of the molecule is CCCCCCCCc1cc(-c2cc(CCCCCCCC)c(-c3ccc(-c4sc(-c5sccc5CCCCCCCC)cc4CCCCCCCC)s3)s2)sc1C=O. The summed E-state index contributed by atoms with van der Waals surface area (Å²) in [7, 11) is 0. The van der Waals surface area contributed by atoms with Crippen LogP contribution < -0.4 is 0 Å². The summed E-state index contributed by atoms with van der Waals surface area (Å²) in [6.45, 7) is 9.20. The van der Waals surface area contributed by atoms with Gasteiger partial charge in [0.25, 0.3) is 0 Å². The Morgan fingerprint density at radius 2 is 0.763 bits per heavy atom. The lowest BCUT2D eigenvalue weighted by atomic mass is 10.0. The molecule has 59 heavy (non-hydrogen) atoms. The van der Waals surface area contributed by atoms with E-state index < -0.39 is 0 Å². The average Bonchev–Trinajstić information content (AvgIpc) is 4.10. The number of hydrogen-bond donors (Lipinski definition) is 0. The maximum absolute atomic E-state index is 12.3. The van der Waals surface area contributed by atoms with Crippen LogP contribution in [0.1, 0.15) is 214 Å². The number of aldehydes is 1. The predicted molar refractivity (Wildman–Crippen MR) is 271 cm³/mol. The highest BCUT2D eigenvalue weighted by atomic mass is 32.1. The van der Waals surface area contributed by atoms with Gasteiger partial charge >= 0.3 is 0 Å². The minimum atomic E-state index is 0.937. The summed E-state index contributed by atoms with van der Waals surface area (Å²) >= 11 is 9.72. The third kappa shape index (κ3) is 15.5. The molecule has 1 nitrogen and oxygen atoms in total. The van der Waals surface area contributed by atoms with E-state index in [2.05, 4.69) is 80.8 Å². The number of rotatable bonds is 33. The van der Waals surface area contributed by atoms with Gasteiger partial charge in [-0.15, -0.1) is 56.7 Å². The highest BCUT2D eigenvalue weighted by Crippen LogP contribution is 2.49. The number of aryl methyl sites for hydroxylation is 4. The lowest BCUT2D eigenvalue weighted by Gasteiger charge is -2.04. The van der Waals surface area contributed by atoms with Gasteiger partial charge in [-0.3, -0.25) is 4.79 Å². The summed E-state index contributed by atoms with van der Waals surface area (Å²) in [5.41, 5.74) is 5.88. The third-order valence-corrected chi connectivity index (χ3v) is 18.3. The zero-order valence-electron chi connectivity index (χ0n) is 37.4. The van der Waals surface area contributed by atoms with Crippen LogP contribution in [0.2, 0.25) is 0 Å². The van der Waals surface area contributed by atoms with Gasteiger partial charge in [0, 0.05) is 39.0 Å². The maximum atomic E-state index is 12.3. The molecule has 5 heterocycles. The molecule has 5 aromatic rings. The standard InChI is InChI=1S/C53H76OS5/c1-5-9-13-17-21-25-29-41-35-36-55-51(41)49-39-44(32-28-24-20-16-12-8-4)53(59-49)46-34-33-45(56-46)52-43(31-27-23-19-15-11-7-3)38-48(58-52)47-37-42(50(40-54)57-47)30-26-22-18-14-10-6-2/h33-40H,5-32H2,1-4H3. The molecule has 0 bridgehead atoms. The van der Waals surface area contributed by atoms with Crippen molar-refractivity contribution in [2.45, 2.75) is 207 Å². The molecule has 0 radical (unpaired) electrons. The van der Waals surface area contributed by atoms with Crippen LogP contribution in [-0.4, -0.2) is 6.29 Å². The molecule has 324 valence electrons. The first-order valence-electron chi connectivity index (χ1n) is 24.1. The Balaban J connectivity index is 1.40. The van der Waals surface area contributed by atoms with E-state index >= 15 is 0 Å². The van der Waals surface area contributed by atoms with Crippen molar-refractivity contribution < 1.29 is 4.79 Å². The second kappa shape index (κ2) is 28.0. The second-order valence-electron chi connectivity index (χ2n) is 17.1. The zero-order valence-corrected chi connectivity index (χ0v) is 41.4. The molecule has 0 spiro atoms. The Morgan fingerprint density at radius 1 is 0.373 bits per heavy atom. The predicted octanol–water partition coefficient (Wildman–Crippen LogP) is 20.1. The minimum absolute atomic E-state index is 0.937. The molecule has 0 unspecified atom stereocenters. The molecule has 5 aromatic heterocycles. The zero-order chi connectivity index (χ0) is 41.5. The molecule has 0 saturated heterocycles. The Hall–Kier alpha value is -1.83. The fourth-order valence-electron chi connectivity index (χ4n) is 8.45. The molecule has 0 aliphatic heterocycles. The van der Waals surface area contributed by atoms with Gasteiger partial charge in [0.2, 0.25) is 0 Å². The maximum Gasteiger partial charge on any atom is 0.160 e. The fourth-order valence-corrected chi connectivity index (χ4v) is 14.4. The normalized spacial score (nSPS) is 11.7. The molecule has 0 amide bonds. The number of carbonyl (C=O) groups excluding carboxylic acids is 1. The fraction of sp³-hybridized carbons (Fsp3) is 0.604. The van der Waals surface area contributed by atoms with E-state index in [1.807, 2.05) is 34.0 Å². The van der Waals surface area contributed by atoms with Crippen LogP contribution in [-0.2, 0) is 25.7 Å². The van der Waals surface area contributed by atoms with E-state index in [0.717, 1.165) is 24.0 Å². The molecule has 0 aliphatic carbocycles. The minimum Gasteiger partial charge on any atom is -0.297 e. The van der Waals surface area contributed by atoms with E-state index in [1.54, 1.807) is 22.5 Å². The quantitative estimate of drug-likeness (QED) is 0.0303. The van der Waals surface area contributed by atoms with E-state index in [0.29, 0.717) is 0 Å². The van der Waals surface area contributed by atoms with Crippen LogP contribution in [0, 0.1) is 0 Å². The van der Waals surface area contributed by atoms with Crippen molar-refractivity contribution in [1.82, 2.24) is 0 Å². The van der Waals surface area contributed by atoms with Gasteiger partial charge in [0.05, 0.1) is 4.88 Å². The number of hydrogen-bond acceptors (Lipinski definition) is 6. The summed E-state index contributed by atoms with van der Waals surface area (Å²) in [6, 6.07) is 14.7. The van der Waals surface area contributed by atoms with Crippen molar-refractivity contribution in [1.29, 1.82) is 0 Å². The molecule has 5 rings (SSSR count). The van der Waals surface area contributed by atoms with Crippen molar-refractivity contribution in [3.63, 3.8) is 0 Å². The van der Waals surface area contributed by atoms with Crippen LogP contribution >= 0.6 is 56.7 Å². The van der Waals surface area contributed by atoms with Crippen molar-refractivity contribution >= 4 is 63.0 Å². The van der Waals surface area contributed by atoms with E-state index in [4.69, 9.17) is 0 Å². The van der Waals surface area contributed by atoms with Crippen molar-refractivity contribution in [3.05, 3.63) is 68.9 Å². The Kier molecular flexibility index (Phi) is 22.9. The smallest absolute Gasteiger partial charge is 0.160 e. The van der Waals surface area contributed by atoms with Gasteiger partial charge in [-0.05, 0) is 115 Å². The van der Waals surface area contributed by atoms with Gasteiger partial charge in [-0.1, -0.05) is 156 Å². The molecular formula is C53H76OS5. The lowest BCUT2D eigenvalue weighted by Crippen LogP contribution is -1.88. The van der Waals surface area contributed by atoms with Crippen LogP contribution in [0.4, 0.5) is 0 Å². The van der Waals surface area contributed by atoms with Gasteiger partial charge in [-0.2, -0.15) is 0 Å². The molecule has 0 saturated carbocycles. The first-order chi connectivity index (χ1) is 29.1. The van der Waals surface area contributed by atoms with Gasteiger partial charge in [0.1, 0.15) is 0 Å².